The number of hydrogen-bond acceptors (Lipinski definition) is 5. The molecule has 0 unspecified atom stereocenters. The second-order valence-electron chi connectivity index (χ2n) is 4.91. The number of nitrogen functional groups attached to an aromatic ring is 1. The standard InChI is InChI=1S/C16H18N4O/c1-11(2)21-16-14(18)7-8-15(20-16)19-13-5-3-12(4-6-13)9-10-17/h3-8,11H,9,18H2,1-2H3,(H,19,20). The number of anilines is 3. The predicted octanol–water partition coefficient (Wildman–Crippen LogP) is 3.26. The number of nitrogens with two attached hydrogens (primary N) is 1. The first-order chi connectivity index (χ1) is 10.1. The molecule has 5 heteroatoms. The molecule has 1 heterocycles. The van der Waals surface area contributed by atoms with Crippen LogP contribution >= 0.6 is 0 Å². The summed E-state index contributed by atoms with van der Waals surface area (Å²) in [6.45, 7) is 3.85. The Labute approximate surface area is 124 Å². The van der Waals surface area contributed by atoms with E-state index in [9.17, 15) is 0 Å². The van der Waals surface area contributed by atoms with Crippen LogP contribution in [-0.4, -0.2) is 11.1 Å². The van der Waals surface area contributed by atoms with Gasteiger partial charge in [0.05, 0.1) is 24.3 Å². The molecule has 108 valence electrons. The summed E-state index contributed by atoms with van der Waals surface area (Å²) in [4.78, 5) is 4.36. The van der Waals surface area contributed by atoms with Crippen molar-refractivity contribution >= 4 is 17.2 Å². The Hall–Kier alpha value is -2.74. The minimum Gasteiger partial charge on any atom is -0.473 e. The van der Waals surface area contributed by atoms with Crippen LogP contribution in [0.1, 0.15) is 19.4 Å². The predicted molar refractivity (Wildman–Crippen MR) is 83.5 cm³/mol. The van der Waals surface area contributed by atoms with Crippen molar-refractivity contribution in [2.75, 3.05) is 11.1 Å². The Balaban J connectivity index is 2.14. The van der Waals surface area contributed by atoms with Gasteiger partial charge in [0, 0.05) is 5.69 Å². The van der Waals surface area contributed by atoms with Crippen molar-refractivity contribution in [2.45, 2.75) is 26.4 Å². The molecule has 0 radical (unpaired) electrons. The van der Waals surface area contributed by atoms with Gasteiger partial charge >= 0.3 is 0 Å². The Morgan fingerprint density at radius 3 is 2.57 bits per heavy atom. The summed E-state index contributed by atoms with van der Waals surface area (Å²) in [6.07, 6.45) is 0.424. The van der Waals surface area contributed by atoms with E-state index in [-0.39, 0.29) is 6.10 Å². The molecule has 0 aliphatic carbocycles. The van der Waals surface area contributed by atoms with E-state index in [0.29, 0.717) is 23.8 Å². The van der Waals surface area contributed by atoms with Gasteiger partial charge in [-0.3, -0.25) is 0 Å². The lowest BCUT2D eigenvalue weighted by Crippen LogP contribution is -2.09. The number of nitriles is 1. The van der Waals surface area contributed by atoms with Gasteiger partial charge < -0.3 is 15.8 Å². The molecule has 0 bridgehead atoms. The fraction of sp³-hybridized carbons (Fsp3) is 0.250. The summed E-state index contributed by atoms with van der Waals surface area (Å²) < 4.78 is 5.56. The van der Waals surface area contributed by atoms with Gasteiger partial charge in [0.1, 0.15) is 5.82 Å². The maximum Gasteiger partial charge on any atom is 0.239 e. The highest BCUT2D eigenvalue weighted by atomic mass is 16.5. The molecule has 0 amide bonds. The quantitative estimate of drug-likeness (QED) is 0.879. The SMILES string of the molecule is CC(C)Oc1nc(Nc2ccc(CC#N)cc2)ccc1N. The summed E-state index contributed by atoms with van der Waals surface area (Å²) in [5, 5.41) is 11.8. The first-order valence-corrected chi connectivity index (χ1v) is 6.74. The number of ether oxygens (including phenoxy) is 1. The average Bonchev–Trinajstić information content (AvgIpc) is 2.44. The highest BCUT2D eigenvalue weighted by Gasteiger charge is 2.06. The van der Waals surface area contributed by atoms with Gasteiger partial charge in [-0.15, -0.1) is 0 Å². The van der Waals surface area contributed by atoms with Gasteiger partial charge in [-0.2, -0.15) is 10.2 Å². The van der Waals surface area contributed by atoms with Crippen LogP contribution in [0.25, 0.3) is 0 Å². The van der Waals surface area contributed by atoms with Crippen molar-refractivity contribution in [3.63, 3.8) is 0 Å². The molecule has 1 aromatic heterocycles. The van der Waals surface area contributed by atoms with Gasteiger partial charge in [-0.05, 0) is 43.7 Å². The molecule has 0 saturated carbocycles. The highest BCUT2D eigenvalue weighted by Crippen LogP contribution is 2.24. The van der Waals surface area contributed by atoms with Crippen LogP contribution in [0.2, 0.25) is 0 Å². The van der Waals surface area contributed by atoms with Gasteiger partial charge in [-0.25, -0.2) is 0 Å². The second kappa shape index (κ2) is 6.62. The highest BCUT2D eigenvalue weighted by molar-refractivity contribution is 5.60. The molecular weight excluding hydrogens is 264 g/mol. The van der Waals surface area contributed by atoms with Crippen LogP contribution in [0, 0.1) is 11.3 Å². The van der Waals surface area contributed by atoms with E-state index in [2.05, 4.69) is 16.4 Å². The fourth-order valence-electron chi connectivity index (χ4n) is 1.78. The molecule has 3 N–H and O–H groups in total. The van der Waals surface area contributed by atoms with E-state index < -0.39 is 0 Å². The van der Waals surface area contributed by atoms with Crippen molar-refractivity contribution in [3.05, 3.63) is 42.0 Å². The Morgan fingerprint density at radius 2 is 1.95 bits per heavy atom. The normalized spacial score (nSPS) is 10.2. The zero-order chi connectivity index (χ0) is 15.2. The van der Waals surface area contributed by atoms with Gasteiger partial charge in [-0.1, -0.05) is 12.1 Å². The summed E-state index contributed by atoms with van der Waals surface area (Å²) >= 11 is 0. The number of rotatable bonds is 5. The lowest BCUT2D eigenvalue weighted by atomic mass is 10.1. The van der Waals surface area contributed by atoms with Crippen LogP contribution in [-0.2, 0) is 6.42 Å². The van der Waals surface area contributed by atoms with Crippen LogP contribution in [0.5, 0.6) is 5.88 Å². The van der Waals surface area contributed by atoms with E-state index >= 15 is 0 Å². The van der Waals surface area contributed by atoms with E-state index in [1.165, 1.54) is 0 Å². The van der Waals surface area contributed by atoms with Crippen molar-refractivity contribution < 1.29 is 4.74 Å². The van der Waals surface area contributed by atoms with Crippen molar-refractivity contribution in [3.8, 4) is 11.9 Å². The third-order valence-electron chi connectivity index (χ3n) is 2.75. The number of benzene rings is 1. The third-order valence-corrected chi connectivity index (χ3v) is 2.75. The first kappa shape index (κ1) is 14.7. The van der Waals surface area contributed by atoms with Crippen molar-refractivity contribution in [1.82, 2.24) is 4.98 Å². The summed E-state index contributed by atoms with van der Waals surface area (Å²) in [5.41, 5.74) is 8.23. The molecule has 1 aromatic carbocycles. The van der Waals surface area contributed by atoms with Crippen LogP contribution in [0.3, 0.4) is 0 Å². The molecule has 21 heavy (non-hydrogen) atoms. The molecule has 0 aliphatic rings. The Bertz CT molecular complexity index is 644. The smallest absolute Gasteiger partial charge is 0.239 e. The lowest BCUT2D eigenvalue weighted by Gasteiger charge is -2.13. The maximum atomic E-state index is 8.65. The van der Waals surface area contributed by atoms with Crippen LogP contribution in [0.4, 0.5) is 17.2 Å². The van der Waals surface area contributed by atoms with E-state index in [0.717, 1.165) is 11.3 Å². The second-order valence-corrected chi connectivity index (χ2v) is 4.91. The largest absolute Gasteiger partial charge is 0.473 e. The fourth-order valence-corrected chi connectivity index (χ4v) is 1.78. The van der Waals surface area contributed by atoms with Crippen LogP contribution < -0.4 is 15.8 Å². The van der Waals surface area contributed by atoms with E-state index in [1.54, 1.807) is 12.1 Å². The molecule has 0 fully saturated rings. The van der Waals surface area contributed by atoms with Crippen molar-refractivity contribution in [2.24, 2.45) is 0 Å². The van der Waals surface area contributed by atoms with Crippen LogP contribution in [0.15, 0.2) is 36.4 Å². The summed E-state index contributed by atoms with van der Waals surface area (Å²) in [7, 11) is 0. The zero-order valence-electron chi connectivity index (χ0n) is 12.1. The lowest BCUT2D eigenvalue weighted by molar-refractivity contribution is 0.234. The summed E-state index contributed by atoms with van der Waals surface area (Å²) in [6, 6.07) is 13.3. The molecule has 0 atom stereocenters. The van der Waals surface area contributed by atoms with Gasteiger partial charge in [0.25, 0.3) is 0 Å². The number of nitrogens with zero attached hydrogens (tertiary/aromatic N) is 2. The van der Waals surface area contributed by atoms with Gasteiger partial charge in [0.2, 0.25) is 5.88 Å². The minimum absolute atomic E-state index is 0.0142. The number of nitrogens with one attached hydrogen (secondary N) is 1. The number of aromatic nitrogens is 1. The first-order valence-electron chi connectivity index (χ1n) is 6.74. The van der Waals surface area contributed by atoms with Gasteiger partial charge in [0.15, 0.2) is 0 Å². The minimum atomic E-state index is 0.0142. The zero-order valence-corrected chi connectivity index (χ0v) is 12.1. The molecule has 0 aliphatic heterocycles. The average molecular weight is 282 g/mol. The molecule has 0 saturated heterocycles. The molecular formula is C16H18N4O. The Kier molecular flexibility index (Phi) is 4.62. The molecule has 2 rings (SSSR count). The molecule has 0 spiro atoms. The van der Waals surface area contributed by atoms with E-state index in [4.69, 9.17) is 15.7 Å². The number of hydrogen-bond donors (Lipinski definition) is 2. The third kappa shape index (κ3) is 4.11. The van der Waals surface area contributed by atoms with E-state index in [1.807, 2.05) is 38.1 Å². The number of pyridine rings is 1. The summed E-state index contributed by atoms with van der Waals surface area (Å²) in [5.74, 6) is 1.09. The van der Waals surface area contributed by atoms with Crippen molar-refractivity contribution in [1.29, 1.82) is 5.26 Å². The monoisotopic (exact) mass is 282 g/mol. The Morgan fingerprint density at radius 1 is 1.24 bits per heavy atom. The topological polar surface area (TPSA) is 84.0 Å². The molecule has 2 aromatic rings. The maximum absolute atomic E-state index is 8.65. The molecule has 5 nitrogen and oxygen atoms in total.